The number of H-pyrrole nitrogens is 2. The van der Waals surface area contributed by atoms with Gasteiger partial charge in [0, 0.05) is 29.8 Å². The molecule has 0 aliphatic heterocycles. The lowest BCUT2D eigenvalue weighted by molar-refractivity contribution is 1.01. The summed E-state index contributed by atoms with van der Waals surface area (Å²) in [6.45, 7) is 0. The van der Waals surface area contributed by atoms with E-state index < -0.39 is 0 Å². The van der Waals surface area contributed by atoms with Crippen molar-refractivity contribution in [1.29, 1.82) is 0 Å². The molecule has 3 aromatic rings. The lowest BCUT2D eigenvalue weighted by atomic mass is 10.1. The fraction of sp³-hybridized carbons (Fsp3) is 0.0714. The van der Waals surface area contributed by atoms with Crippen molar-refractivity contribution in [2.24, 2.45) is 0 Å². The van der Waals surface area contributed by atoms with Crippen LogP contribution in [-0.4, -0.2) is 15.0 Å². The summed E-state index contributed by atoms with van der Waals surface area (Å²) >= 11 is 4.86. The van der Waals surface area contributed by atoms with E-state index in [2.05, 4.69) is 15.0 Å². The summed E-state index contributed by atoms with van der Waals surface area (Å²) in [5.74, 6) is 0. The Morgan fingerprint density at radius 2 is 2.11 bits per heavy atom. The van der Waals surface area contributed by atoms with Gasteiger partial charge in [0.15, 0.2) is 4.77 Å². The number of pyridine rings is 1. The number of hydrogen-bond acceptors (Lipinski definition) is 3. The molecule has 5 heteroatoms. The first-order valence-electron chi connectivity index (χ1n) is 5.87. The maximum Gasteiger partial charge on any atom is 0.255 e. The van der Waals surface area contributed by atoms with Gasteiger partial charge in [0.25, 0.3) is 5.56 Å². The maximum absolute atomic E-state index is 11.7. The number of para-hydroxylation sites is 1. The first kappa shape index (κ1) is 11.8. The predicted octanol–water partition coefficient (Wildman–Crippen LogP) is 2.57. The molecule has 2 N–H and O–H groups in total. The van der Waals surface area contributed by atoms with Gasteiger partial charge in [0.05, 0.1) is 5.52 Å². The van der Waals surface area contributed by atoms with Crippen molar-refractivity contribution in [3.63, 3.8) is 0 Å². The maximum atomic E-state index is 11.7. The molecule has 2 heterocycles. The van der Waals surface area contributed by atoms with E-state index in [1.807, 2.05) is 30.3 Å². The van der Waals surface area contributed by atoms with Crippen LogP contribution < -0.4 is 5.56 Å². The Morgan fingerprint density at radius 3 is 2.95 bits per heavy atom. The summed E-state index contributed by atoms with van der Waals surface area (Å²) in [4.78, 5) is 21.5. The van der Waals surface area contributed by atoms with E-state index in [-0.39, 0.29) is 5.56 Å². The Balaban J connectivity index is 2.01. The van der Waals surface area contributed by atoms with Gasteiger partial charge in [-0.1, -0.05) is 18.2 Å². The number of aromatic nitrogens is 3. The number of aromatic amines is 2. The molecule has 0 saturated carbocycles. The second-order valence-electron chi connectivity index (χ2n) is 4.31. The quantitative estimate of drug-likeness (QED) is 0.703. The summed E-state index contributed by atoms with van der Waals surface area (Å²) in [7, 11) is 0. The van der Waals surface area contributed by atoms with Gasteiger partial charge in [-0.3, -0.25) is 14.8 Å². The Bertz CT molecular complexity index is 851. The van der Waals surface area contributed by atoms with Crippen LogP contribution in [0.25, 0.3) is 10.9 Å². The number of benzene rings is 1. The number of nitrogens with one attached hydrogen (secondary N) is 2. The van der Waals surface area contributed by atoms with Gasteiger partial charge in [-0.25, -0.2) is 0 Å². The smallest absolute Gasteiger partial charge is 0.255 e. The van der Waals surface area contributed by atoms with E-state index in [1.165, 1.54) is 0 Å². The van der Waals surface area contributed by atoms with E-state index in [1.54, 1.807) is 12.4 Å². The van der Waals surface area contributed by atoms with Gasteiger partial charge < -0.3 is 4.98 Å². The molecule has 1 aromatic carbocycles. The van der Waals surface area contributed by atoms with Crippen molar-refractivity contribution < 1.29 is 0 Å². The number of nitrogens with zero attached hydrogens (tertiary/aromatic N) is 1. The Kier molecular flexibility index (Phi) is 2.97. The van der Waals surface area contributed by atoms with E-state index in [9.17, 15) is 4.79 Å². The molecule has 0 unspecified atom stereocenters. The van der Waals surface area contributed by atoms with Crippen molar-refractivity contribution in [2.45, 2.75) is 6.42 Å². The van der Waals surface area contributed by atoms with Gasteiger partial charge in [-0.05, 0) is 29.9 Å². The molecule has 0 amide bonds. The highest BCUT2D eigenvalue weighted by Crippen LogP contribution is 2.14. The minimum atomic E-state index is -0.156. The summed E-state index contributed by atoms with van der Waals surface area (Å²) in [5, 5.41) is 1.07. The zero-order chi connectivity index (χ0) is 13.2. The molecule has 19 heavy (non-hydrogen) atoms. The molecule has 94 valence electrons. The molecule has 0 radical (unpaired) electrons. The number of fused-ring (bicyclic) bond motifs is 1. The Labute approximate surface area is 114 Å². The molecule has 0 aliphatic carbocycles. The van der Waals surface area contributed by atoms with Crippen molar-refractivity contribution in [3.05, 3.63) is 69.0 Å². The molecule has 3 rings (SSSR count). The Morgan fingerprint density at radius 1 is 1.26 bits per heavy atom. The minimum absolute atomic E-state index is 0.156. The highest BCUT2D eigenvalue weighted by molar-refractivity contribution is 7.71. The summed E-state index contributed by atoms with van der Waals surface area (Å²) < 4.78 is 0.338. The lowest BCUT2D eigenvalue weighted by Crippen LogP contribution is -2.13. The Hall–Kier alpha value is -2.27. The van der Waals surface area contributed by atoms with Gasteiger partial charge in [-0.2, -0.15) is 0 Å². The molecule has 0 saturated heterocycles. The molecule has 0 spiro atoms. The van der Waals surface area contributed by atoms with Crippen molar-refractivity contribution in [3.8, 4) is 0 Å². The van der Waals surface area contributed by atoms with Gasteiger partial charge in [0.1, 0.15) is 0 Å². The minimum Gasteiger partial charge on any atom is -0.338 e. The van der Waals surface area contributed by atoms with Gasteiger partial charge in [-0.15, -0.1) is 0 Å². The number of rotatable bonds is 2. The van der Waals surface area contributed by atoms with Gasteiger partial charge >= 0.3 is 0 Å². The normalized spacial score (nSPS) is 10.7. The fourth-order valence-corrected chi connectivity index (χ4v) is 2.15. The van der Waals surface area contributed by atoms with Crippen LogP contribution in [0.15, 0.2) is 47.5 Å². The van der Waals surface area contributed by atoms with Crippen molar-refractivity contribution >= 4 is 23.1 Å². The summed E-state index contributed by atoms with van der Waals surface area (Å²) in [5.41, 5.74) is 2.44. The highest BCUT2D eigenvalue weighted by Gasteiger charge is 2.03. The van der Waals surface area contributed by atoms with E-state index >= 15 is 0 Å². The molecular weight excluding hydrogens is 258 g/mol. The monoisotopic (exact) mass is 269 g/mol. The third-order valence-electron chi connectivity index (χ3n) is 2.94. The van der Waals surface area contributed by atoms with Crippen LogP contribution in [0, 0.1) is 4.77 Å². The second-order valence-corrected chi connectivity index (χ2v) is 4.72. The SMILES string of the molecule is O=c1[nH]c(=S)[nH]cc1Cc1cnc2ccccc2c1. The predicted molar refractivity (Wildman–Crippen MR) is 76.8 cm³/mol. The molecule has 4 nitrogen and oxygen atoms in total. The number of hydrogen-bond donors (Lipinski definition) is 2. The fourth-order valence-electron chi connectivity index (χ4n) is 2.00. The molecule has 0 aliphatic rings. The average Bonchev–Trinajstić information content (AvgIpc) is 2.42. The van der Waals surface area contributed by atoms with Crippen LogP contribution in [-0.2, 0) is 6.42 Å². The highest BCUT2D eigenvalue weighted by atomic mass is 32.1. The van der Waals surface area contributed by atoms with Crippen LogP contribution >= 0.6 is 12.2 Å². The van der Waals surface area contributed by atoms with E-state index in [4.69, 9.17) is 12.2 Å². The van der Waals surface area contributed by atoms with E-state index in [0.29, 0.717) is 16.8 Å². The summed E-state index contributed by atoms with van der Waals surface area (Å²) in [6, 6.07) is 9.95. The lowest BCUT2D eigenvalue weighted by Gasteiger charge is -2.02. The zero-order valence-electron chi connectivity index (χ0n) is 10.0. The first-order valence-corrected chi connectivity index (χ1v) is 6.28. The van der Waals surface area contributed by atoms with E-state index in [0.717, 1.165) is 16.5 Å². The molecule has 2 aromatic heterocycles. The van der Waals surface area contributed by atoms with Crippen LogP contribution in [0.4, 0.5) is 0 Å². The summed E-state index contributed by atoms with van der Waals surface area (Å²) in [6.07, 6.45) is 3.97. The molecule has 0 atom stereocenters. The topological polar surface area (TPSA) is 61.5 Å². The van der Waals surface area contributed by atoms with Crippen LogP contribution in [0.2, 0.25) is 0 Å². The van der Waals surface area contributed by atoms with Crippen molar-refractivity contribution in [1.82, 2.24) is 15.0 Å². The third kappa shape index (κ3) is 2.46. The zero-order valence-corrected chi connectivity index (χ0v) is 10.8. The van der Waals surface area contributed by atoms with Crippen molar-refractivity contribution in [2.75, 3.05) is 0 Å². The largest absolute Gasteiger partial charge is 0.338 e. The van der Waals surface area contributed by atoms with Crippen LogP contribution in [0.1, 0.15) is 11.1 Å². The molecule has 0 fully saturated rings. The van der Waals surface area contributed by atoms with Crippen LogP contribution in [0.3, 0.4) is 0 Å². The molecular formula is C14H11N3OS. The first-order chi connectivity index (χ1) is 9.22. The average molecular weight is 269 g/mol. The second kappa shape index (κ2) is 4.78. The standard InChI is InChI=1S/C14H11N3OS/c18-13-11(8-16-14(19)17-13)6-9-5-10-3-1-2-4-12(10)15-7-9/h1-5,7-8H,6H2,(H2,16,17,18,19). The molecule has 0 bridgehead atoms. The van der Waals surface area contributed by atoms with Crippen LogP contribution in [0.5, 0.6) is 0 Å². The third-order valence-corrected chi connectivity index (χ3v) is 3.16. The van der Waals surface area contributed by atoms with Gasteiger partial charge in [0.2, 0.25) is 0 Å².